The minimum Gasteiger partial charge on any atom is -0.487 e. The largest absolute Gasteiger partial charge is 0.487 e. The number of aromatic nitrogens is 2. The Hall–Kier alpha value is -2.75. The van der Waals surface area contributed by atoms with Gasteiger partial charge >= 0.3 is 0 Å². The van der Waals surface area contributed by atoms with Gasteiger partial charge in [0.25, 0.3) is 5.91 Å². The second-order valence-corrected chi connectivity index (χ2v) is 10.5. The molecule has 35 heavy (non-hydrogen) atoms. The summed E-state index contributed by atoms with van der Waals surface area (Å²) in [5.41, 5.74) is 6.17. The number of benzene rings is 3. The fourth-order valence-electron chi connectivity index (χ4n) is 3.38. The van der Waals surface area contributed by atoms with E-state index in [1.165, 1.54) is 22.5 Å². The lowest BCUT2D eigenvalue weighted by atomic mass is 10.1. The van der Waals surface area contributed by atoms with Crippen molar-refractivity contribution in [2.45, 2.75) is 25.6 Å². The van der Waals surface area contributed by atoms with Crippen LogP contribution in [0.3, 0.4) is 0 Å². The quantitative estimate of drug-likeness (QED) is 0.105. The first-order valence-electron chi connectivity index (χ1n) is 10.7. The highest BCUT2D eigenvalue weighted by Crippen LogP contribution is 2.35. The van der Waals surface area contributed by atoms with Crippen LogP contribution in [0.4, 0.5) is 0 Å². The Morgan fingerprint density at radius 1 is 1.00 bits per heavy atom. The van der Waals surface area contributed by atoms with E-state index in [4.69, 9.17) is 4.74 Å². The number of amides is 1. The molecule has 0 aliphatic heterocycles. The summed E-state index contributed by atoms with van der Waals surface area (Å²) in [5, 5.41) is 7.02. The van der Waals surface area contributed by atoms with Gasteiger partial charge in [0.05, 0.1) is 20.9 Å². The van der Waals surface area contributed by atoms with Crippen LogP contribution in [0, 0.1) is 13.8 Å². The summed E-state index contributed by atoms with van der Waals surface area (Å²) in [6.45, 7) is 4.24. The van der Waals surface area contributed by atoms with Crippen LogP contribution in [-0.2, 0) is 11.4 Å². The number of hydrogen-bond donors (Lipinski definition) is 1. The van der Waals surface area contributed by atoms with E-state index in [1.54, 1.807) is 6.21 Å². The molecule has 0 saturated carbocycles. The van der Waals surface area contributed by atoms with Crippen molar-refractivity contribution in [1.29, 1.82) is 0 Å². The van der Waals surface area contributed by atoms with Crippen LogP contribution < -0.4 is 10.2 Å². The first-order chi connectivity index (χ1) is 16.9. The Balaban J connectivity index is 1.32. The predicted molar refractivity (Wildman–Crippen MR) is 148 cm³/mol. The Morgan fingerprint density at radius 3 is 2.40 bits per heavy atom. The average molecular weight is 614 g/mol. The van der Waals surface area contributed by atoms with E-state index in [0.717, 1.165) is 31.5 Å². The van der Waals surface area contributed by atoms with E-state index in [1.807, 2.05) is 44.2 Å². The second-order valence-electron chi connectivity index (χ2n) is 7.80. The van der Waals surface area contributed by atoms with Crippen LogP contribution in [0.2, 0.25) is 0 Å². The van der Waals surface area contributed by atoms with Gasteiger partial charge in [0, 0.05) is 11.4 Å². The maximum absolute atomic E-state index is 12.1. The molecule has 1 amide bonds. The summed E-state index contributed by atoms with van der Waals surface area (Å²) >= 11 is 8.42. The maximum Gasteiger partial charge on any atom is 0.250 e. The smallest absolute Gasteiger partial charge is 0.250 e. The first kappa shape index (κ1) is 25.3. The molecule has 0 spiro atoms. The van der Waals surface area contributed by atoms with Crippen molar-refractivity contribution in [2.75, 3.05) is 5.75 Å². The molecule has 0 aliphatic carbocycles. The number of nitrogens with zero attached hydrogens (tertiary/aromatic N) is 3. The van der Waals surface area contributed by atoms with Gasteiger partial charge in [-0.05, 0) is 91.9 Å². The maximum atomic E-state index is 12.1. The van der Waals surface area contributed by atoms with Gasteiger partial charge in [-0.25, -0.2) is 15.4 Å². The summed E-state index contributed by atoms with van der Waals surface area (Å²) in [7, 11) is 0. The lowest BCUT2D eigenvalue weighted by Crippen LogP contribution is -2.19. The van der Waals surface area contributed by atoms with Crippen LogP contribution in [0.25, 0.3) is 10.8 Å². The molecular formula is C26H22Br2N4O2S. The van der Waals surface area contributed by atoms with Crippen molar-refractivity contribution in [3.63, 3.8) is 0 Å². The van der Waals surface area contributed by atoms with Crippen LogP contribution in [0.5, 0.6) is 5.75 Å². The zero-order chi connectivity index (χ0) is 24.8. The number of rotatable bonds is 8. The molecule has 0 atom stereocenters. The molecule has 1 heterocycles. The van der Waals surface area contributed by atoms with Crippen molar-refractivity contribution in [1.82, 2.24) is 15.4 Å². The van der Waals surface area contributed by atoms with Gasteiger partial charge in [-0.1, -0.05) is 48.2 Å². The fourth-order valence-corrected chi connectivity index (χ4v) is 5.57. The zero-order valence-electron chi connectivity index (χ0n) is 19.1. The highest BCUT2D eigenvalue weighted by Gasteiger charge is 2.10. The number of ether oxygens (including phenoxy) is 1. The van der Waals surface area contributed by atoms with Gasteiger partial charge in [0.1, 0.15) is 12.4 Å². The van der Waals surface area contributed by atoms with Crippen molar-refractivity contribution in [2.24, 2.45) is 5.10 Å². The van der Waals surface area contributed by atoms with Crippen LogP contribution in [-0.4, -0.2) is 27.8 Å². The molecule has 3 aromatic carbocycles. The third kappa shape index (κ3) is 7.13. The van der Waals surface area contributed by atoms with Crippen molar-refractivity contribution >= 4 is 66.5 Å². The molecule has 0 aliphatic rings. The third-order valence-corrected chi connectivity index (χ3v) is 6.94. The van der Waals surface area contributed by atoms with Gasteiger partial charge in [-0.3, -0.25) is 4.79 Å². The lowest BCUT2D eigenvalue weighted by molar-refractivity contribution is -0.118. The lowest BCUT2D eigenvalue weighted by Gasteiger charge is -2.12. The number of nitrogens with one attached hydrogen (secondary N) is 1. The molecular weight excluding hydrogens is 592 g/mol. The number of hydrazone groups is 1. The SMILES string of the molecule is Cc1cc(C)nc(SCC(=O)N/N=C\c2cc(Br)c(OCc3ccc4ccccc4c3)c(Br)c2)n1. The summed E-state index contributed by atoms with van der Waals surface area (Å²) in [5.74, 6) is 0.640. The molecule has 6 nitrogen and oxygen atoms in total. The highest BCUT2D eigenvalue weighted by atomic mass is 79.9. The molecule has 1 aromatic heterocycles. The molecule has 4 aromatic rings. The second kappa shape index (κ2) is 11.8. The van der Waals surface area contributed by atoms with E-state index in [0.29, 0.717) is 17.5 Å². The Bertz CT molecular complexity index is 1370. The number of aryl methyl sites for hydroxylation is 2. The normalized spacial score (nSPS) is 11.2. The number of thioether (sulfide) groups is 1. The van der Waals surface area contributed by atoms with Crippen LogP contribution >= 0.6 is 43.6 Å². The minimum absolute atomic E-state index is 0.176. The molecule has 9 heteroatoms. The van der Waals surface area contributed by atoms with Gasteiger partial charge < -0.3 is 4.74 Å². The summed E-state index contributed by atoms with van der Waals surface area (Å²) in [6.07, 6.45) is 1.58. The Kier molecular flexibility index (Phi) is 8.54. The minimum atomic E-state index is -0.234. The number of fused-ring (bicyclic) bond motifs is 1. The van der Waals surface area contributed by atoms with Crippen molar-refractivity contribution in [3.05, 3.63) is 92.1 Å². The molecule has 0 bridgehead atoms. The number of carbonyl (C=O) groups excluding carboxylic acids is 1. The molecule has 0 saturated heterocycles. The fraction of sp³-hybridized carbons (Fsp3) is 0.154. The number of hydrogen-bond acceptors (Lipinski definition) is 6. The molecule has 0 radical (unpaired) electrons. The molecule has 4 rings (SSSR count). The van der Waals surface area contributed by atoms with E-state index in [2.05, 4.69) is 82.7 Å². The van der Waals surface area contributed by atoms with Crippen molar-refractivity contribution < 1.29 is 9.53 Å². The van der Waals surface area contributed by atoms with E-state index in [-0.39, 0.29) is 11.7 Å². The summed E-state index contributed by atoms with van der Waals surface area (Å²) in [6, 6.07) is 20.2. The van der Waals surface area contributed by atoms with Gasteiger partial charge in [-0.2, -0.15) is 5.10 Å². The van der Waals surface area contributed by atoms with Crippen LogP contribution in [0.15, 0.2) is 79.9 Å². The Morgan fingerprint density at radius 2 is 1.69 bits per heavy atom. The van der Waals surface area contributed by atoms with E-state index in [9.17, 15) is 4.79 Å². The number of halogens is 2. The summed E-state index contributed by atoms with van der Waals surface area (Å²) in [4.78, 5) is 20.8. The zero-order valence-corrected chi connectivity index (χ0v) is 23.1. The molecule has 178 valence electrons. The van der Waals surface area contributed by atoms with E-state index >= 15 is 0 Å². The van der Waals surface area contributed by atoms with Gasteiger partial charge in [-0.15, -0.1) is 0 Å². The number of carbonyl (C=O) groups is 1. The monoisotopic (exact) mass is 612 g/mol. The van der Waals surface area contributed by atoms with Gasteiger partial charge in [0.15, 0.2) is 5.16 Å². The first-order valence-corrected chi connectivity index (χ1v) is 13.3. The topological polar surface area (TPSA) is 76.5 Å². The van der Waals surface area contributed by atoms with Crippen LogP contribution in [0.1, 0.15) is 22.5 Å². The van der Waals surface area contributed by atoms with Crippen molar-refractivity contribution in [3.8, 4) is 5.75 Å². The average Bonchev–Trinajstić information content (AvgIpc) is 2.81. The predicted octanol–water partition coefficient (Wildman–Crippen LogP) is 6.59. The van der Waals surface area contributed by atoms with E-state index < -0.39 is 0 Å². The standard InChI is InChI=1S/C26H22Br2N4O2S/c1-16-9-17(2)31-26(30-16)35-15-24(33)32-29-13-19-11-22(27)25(23(28)12-19)34-14-18-7-8-20-5-3-4-6-21(20)10-18/h3-13H,14-15H2,1-2H3,(H,32,33)/b29-13-. The van der Waals surface area contributed by atoms with Gasteiger partial charge in [0.2, 0.25) is 0 Å². The molecule has 0 fully saturated rings. The third-order valence-electron chi connectivity index (χ3n) is 4.91. The summed E-state index contributed by atoms with van der Waals surface area (Å²) < 4.78 is 7.63. The molecule has 0 unspecified atom stereocenters. The Labute approximate surface area is 224 Å². The highest BCUT2D eigenvalue weighted by molar-refractivity contribution is 9.11. The molecule has 1 N–H and O–H groups in total.